The van der Waals surface area contributed by atoms with Gasteiger partial charge in [0.25, 0.3) is 0 Å². The lowest BCUT2D eigenvalue weighted by atomic mass is 9.99. The summed E-state index contributed by atoms with van der Waals surface area (Å²) in [5.41, 5.74) is 3.35. The van der Waals surface area contributed by atoms with E-state index in [0.717, 1.165) is 17.8 Å². The number of nitrogens with one attached hydrogen (secondary N) is 2. The van der Waals surface area contributed by atoms with Crippen LogP contribution in [0.1, 0.15) is 25.5 Å². The minimum absolute atomic E-state index is 0.499. The van der Waals surface area contributed by atoms with Crippen molar-refractivity contribution in [3.63, 3.8) is 0 Å². The molecule has 0 amide bonds. The van der Waals surface area contributed by atoms with Gasteiger partial charge in [0, 0.05) is 28.9 Å². The molecular weight excluding hydrogens is 234 g/mol. The maximum Gasteiger partial charge on any atom is 0.0725 e. The molecule has 1 aliphatic rings. The van der Waals surface area contributed by atoms with E-state index in [1.807, 2.05) is 6.07 Å². The molecular formula is C16H21N3. The van der Waals surface area contributed by atoms with Crippen LogP contribution in [0.25, 0.3) is 10.9 Å². The van der Waals surface area contributed by atoms with E-state index in [2.05, 4.69) is 53.7 Å². The summed E-state index contributed by atoms with van der Waals surface area (Å²) in [6, 6.07) is 11.5. The molecule has 0 bridgehead atoms. The molecule has 1 aromatic carbocycles. The molecule has 3 rings (SSSR count). The Labute approximate surface area is 114 Å². The average molecular weight is 255 g/mol. The van der Waals surface area contributed by atoms with Crippen molar-refractivity contribution >= 4 is 16.6 Å². The fourth-order valence-corrected chi connectivity index (χ4v) is 2.87. The molecule has 1 saturated heterocycles. The number of fused-ring (bicyclic) bond motifs is 1. The molecule has 2 N–H and O–H groups in total. The van der Waals surface area contributed by atoms with Gasteiger partial charge in [-0.25, -0.2) is 0 Å². The summed E-state index contributed by atoms with van der Waals surface area (Å²) in [7, 11) is 0. The first-order chi connectivity index (χ1) is 9.24. The number of nitrogens with zero attached hydrogens (tertiary/aromatic N) is 1. The molecule has 3 nitrogen and oxygen atoms in total. The zero-order chi connectivity index (χ0) is 13.2. The molecule has 0 saturated carbocycles. The first kappa shape index (κ1) is 12.4. The summed E-state index contributed by atoms with van der Waals surface area (Å²) in [4.78, 5) is 4.59. The summed E-state index contributed by atoms with van der Waals surface area (Å²) in [6.45, 7) is 5.45. The van der Waals surface area contributed by atoms with Crippen LogP contribution in [0, 0.1) is 6.92 Å². The van der Waals surface area contributed by atoms with Gasteiger partial charge in [0.05, 0.1) is 5.52 Å². The smallest absolute Gasteiger partial charge is 0.0725 e. The van der Waals surface area contributed by atoms with Crippen LogP contribution >= 0.6 is 0 Å². The second-order valence-corrected chi connectivity index (χ2v) is 5.46. The lowest BCUT2D eigenvalue weighted by molar-refractivity contribution is 0.389. The van der Waals surface area contributed by atoms with E-state index in [4.69, 9.17) is 0 Å². The highest BCUT2D eigenvalue weighted by Gasteiger charge is 2.21. The highest BCUT2D eigenvalue weighted by Crippen LogP contribution is 2.25. The fourth-order valence-electron chi connectivity index (χ4n) is 2.87. The zero-order valence-corrected chi connectivity index (χ0v) is 11.6. The molecule has 0 spiro atoms. The summed E-state index contributed by atoms with van der Waals surface area (Å²) in [5, 5.41) is 8.46. The van der Waals surface area contributed by atoms with Crippen LogP contribution in [0.4, 0.5) is 5.69 Å². The number of aromatic nitrogens is 1. The van der Waals surface area contributed by atoms with E-state index in [1.165, 1.54) is 23.9 Å². The monoisotopic (exact) mass is 255 g/mol. The van der Waals surface area contributed by atoms with Gasteiger partial charge in [-0.3, -0.25) is 4.98 Å². The third kappa shape index (κ3) is 2.56. The van der Waals surface area contributed by atoms with Crippen LogP contribution in [-0.4, -0.2) is 23.6 Å². The topological polar surface area (TPSA) is 37.0 Å². The summed E-state index contributed by atoms with van der Waals surface area (Å²) >= 11 is 0. The molecule has 2 atom stereocenters. The van der Waals surface area contributed by atoms with Crippen LogP contribution in [0.5, 0.6) is 0 Å². The van der Waals surface area contributed by atoms with Crippen molar-refractivity contribution < 1.29 is 0 Å². The highest BCUT2D eigenvalue weighted by molar-refractivity contribution is 5.91. The molecule has 100 valence electrons. The second kappa shape index (κ2) is 5.17. The normalized spacial score (nSPS) is 23.5. The van der Waals surface area contributed by atoms with Crippen LogP contribution < -0.4 is 10.6 Å². The van der Waals surface area contributed by atoms with Crippen molar-refractivity contribution in [2.75, 3.05) is 11.9 Å². The minimum Gasteiger partial charge on any atom is -0.380 e. The van der Waals surface area contributed by atoms with Gasteiger partial charge >= 0.3 is 0 Å². The molecule has 1 fully saturated rings. The second-order valence-electron chi connectivity index (χ2n) is 5.46. The van der Waals surface area contributed by atoms with Crippen molar-refractivity contribution in [2.45, 2.75) is 38.8 Å². The number of para-hydroxylation sites is 1. The molecule has 2 aromatic rings. The number of benzene rings is 1. The Kier molecular flexibility index (Phi) is 3.38. The van der Waals surface area contributed by atoms with Crippen molar-refractivity contribution in [2.24, 2.45) is 0 Å². The Bertz CT molecular complexity index is 579. The predicted molar refractivity (Wildman–Crippen MR) is 80.6 cm³/mol. The van der Waals surface area contributed by atoms with E-state index in [9.17, 15) is 0 Å². The lowest BCUT2D eigenvalue weighted by Crippen LogP contribution is -2.46. The van der Waals surface area contributed by atoms with Crippen molar-refractivity contribution in [1.29, 1.82) is 0 Å². The quantitative estimate of drug-likeness (QED) is 0.866. The third-order valence-corrected chi connectivity index (χ3v) is 3.95. The summed E-state index contributed by atoms with van der Waals surface area (Å²) < 4.78 is 0. The lowest BCUT2D eigenvalue weighted by Gasteiger charge is -2.31. The molecule has 1 aliphatic heterocycles. The molecule has 3 heteroatoms. The van der Waals surface area contributed by atoms with Gasteiger partial charge < -0.3 is 10.6 Å². The van der Waals surface area contributed by atoms with E-state index >= 15 is 0 Å². The Morgan fingerprint density at radius 2 is 2.16 bits per heavy atom. The molecule has 0 radical (unpaired) electrons. The zero-order valence-electron chi connectivity index (χ0n) is 11.6. The number of piperidine rings is 1. The average Bonchev–Trinajstić information content (AvgIpc) is 2.41. The van der Waals surface area contributed by atoms with Crippen LogP contribution in [0.2, 0.25) is 0 Å². The van der Waals surface area contributed by atoms with E-state index in [1.54, 1.807) is 0 Å². The van der Waals surface area contributed by atoms with Gasteiger partial charge in [0.1, 0.15) is 0 Å². The van der Waals surface area contributed by atoms with Gasteiger partial charge in [0.2, 0.25) is 0 Å². The standard InChI is InChI=1S/C16H21N3/c1-11-10-16(13-6-3-4-7-15(13)18-11)19-14-8-5-9-17-12(14)2/h3-4,6-7,10,12,14,17H,5,8-9H2,1-2H3,(H,18,19). The largest absolute Gasteiger partial charge is 0.380 e. The number of hydrogen-bond acceptors (Lipinski definition) is 3. The third-order valence-electron chi connectivity index (χ3n) is 3.95. The Balaban J connectivity index is 1.95. The van der Waals surface area contributed by atoms with E-state index in [-0.39, 0.29) is 0 Å². The summed E-state index contributed by atoms with van der Waals surface area (Å²) in [5.74, 6) is 0. The Morgan fingerprint density at radius 3 is 3.00 bits per heavy atom. The Hall–Kier alpha value is -1.61. The number of pyridine rings is 1. The van der Waals surface area contributed by atoms with Gasteiger partial charge in [-0.05, 0) is 45.4 Å². The predicted octanol–water partition coefficient (Wildman–Crippen LogP) is 3.10. The van der Waals surface area contributed by atoms with Crippen molar-refractivity contribution in [3.8, 4) is 0 Å². The number of hydrogen-bond donors (Lipinski definition) is 2. The fraction of sp³-hybridized carbons (Fsp3) is 0.438. The number of aryl methyl sites for hydroxylation is 1. The maximum atomic E-state index is 4.59. The molecule has 0 aliphatic carbocycles. The van der Waals surface area contributed by atoms with E-state index < -0.39 is 0 Å². The van der Waals surface area contributed by atoms with Crippen LogP contribution in [-0.2, 0) is 0 Å². The minimum atomic E-state index is 0.499. The van der Waals surface area contributed by atoms with Gasteiger partial charge in [-0.1, -0.05) is 18.2 Å². The van der Waals surface area contributed by atoms with Crippen LogP contribution in [0.15, 0.2) is 30.3 Å². The Morgan fingerprint density at radius 1 is 1.32 bits per heavy atom. The molecule has 19 heavy (non-hydrogen) atoms. The van der Waals surface area contributed by atoms with Gasteiger partial charge in [-0.15, -0.1) is 0 Å². The first-order valence-corrected chi connectivity index (χ1v) is 7.10. The van der Waals surface area contributed by atoms with Crippen molar-refractivity contribution in [3.05, 3.63) is 36.0 Å². The first-order valence-electron chi connectivity index (χ1n) is 7.10. The van der Waals surface area contributed by atoms with Gasteiger partial charge in [0.15, 0.2) is 0 Å². The molecule has 2 unspecified atom stereocenters. The molecule has 2 heterocycles. The maximum absolute atomic E-state index is 4.59. The van der Waals surface area contributed by atoms with E-state index in [0.29, 0.717) is 12.1 Å². The van der Waals surface area contributed by atoms with Crippen molar-refractivity contribution in [1.82, 2.24) is 10.3 Å². The van der Waals surface area contributed by atoms with Gasteiger partial charge in [-0.2, -0.15) is 0 Å². The van der Waals surface area contributed by atoms with Crippen LogP contribution in [0.3, 0.4) is 0 Å². The highest BCUT2D eigenvalue weighted by atomic mass is 15.0. The number of rotatable bonds is 2. The SMILES string of the molecule is Cc1cc(NC2CCCNC2C)c2ccccc2n1. The number of anilines is 1. The molecule has 1 aromatic heterocycles. The summed E-state index contributed by atoms with van der Waals surface area (Å²) in [6.07, 6.45) is 2.47.